The third kappa shape index (κ3) is 2.70. The van der Waals surface area contributed by atoms with Gasteiger partial charge in [0.1, 0.15) is 5.75 Å². The molecule has 2 rings (SSSR count). The van der Waals surface area contributed by atoms with E-state index in [1.165, 1.54) is 0 Å². The zero-order valence-electron chi connectivity index (χ0n) is 10.5. The first kappa shape index (κ1) is 12.6. The molecule has 0 amide bonds. The minimum absolute atomic E-state index is 0.0932. The Morgan fingerprint density at radius 1 is 1.06 bits per heavy atom. The summed E-state index contributed by atoms with van der Waals surface area (Å²) in [6.07, 6.45) is 0. The van der Waals surface area contributed by atoms with Crippen molar-refractivity contribution < 1.29 is 4.74 Å². The van der Waals surface area contributed by atoms with Crippen molar-refractivity contribution >= 4 is 0 Å². The van der Waals surface area contributed by atoms with Crippen LogP contribution in [0.25, 0.3) is 11.1 Å². The predicted octanol–water partition coefficient (Wildman–Crippen LogP) is 2.32. The van der Waals surface area contributed by atoms with Gasteiger partial charge in [0.25, 0.3) is 0 Å². The van der Waals surface area contributed by atoms with Gasteiger partial charge >= 0.3 is 0 Å². The fraction of sp³-hybridized carbons (Fsp3) is 0.200. The molecule has 94 valence electrons. The second kappa shape index (κ2) is 5.67. The van der Waals surface area contributed by atoms with Gasteiger partial charge in [0.05, 0.1) is 7.11 Å². The van der Waals surface area contributed by atoms with Crippen LogP contribution >= 0.6 is 0 Å². The maximum Gasteiger partial charge on any atom is 0.119 e. The molecule has 0 aromatic heterocycles. The van der Waals surface area contributed by atoms with Crippen molar-refractivity contribution in [2.45, 2.75) is 6.04 Å². The van der Waals surface area contributed by atoms with Crippen LogP contribution in [0.5, 0.6) is 5.75 Å². The van der Waals surface area contributed by atoms with Crippen LogP contribution in [0.2, 0.25) is 0 Å². The Hall–Kier alpha value is -1.84. The first-order valence-corrected chi connectivity index (χ1v) is 5.94. The fourth-order valence-electron chi connectivity index (χ4n) is 1.86. The molecule has 3 heteroatoms. The van der Waals surface area contributed by atoms with Gasteiger partial charge in [-0.2, -0.15) is 0 Å². The molecular formula is C15H18N2O. The highest BCUT2D eigenvalue weighted by molar-refractivity contribution is 5.65. The highest BCUT2D eigenvalue weighted by Gasteiger charge is 2.04. The molecule has 1 unspecified atom stereocenters. The maximum atomic E-state index is 5.88. The topological polar surface area (TPSA) is 61.3 Å². The first-order valence-electron chi connectivity index (χ1n) is 5.94. The summed E-state index contributed by atoms with van der Waals surface area (Å²) in [6.45, 7) is 0.457. The Kier molecular flexibility index (Phi) is 3.97. The molecule has 0 saturated heterocycles. The summed E-state index contributed by atoms with van der Waals surface area (Å²) in [5.41, 5.74) is 14.8. The second-order valence-corrected chi connectivity index (χ2v) is 4.20. The number of methoxy groups -OCH3 is 1. The van der Waals surface area contributed by atoms with Crippen molar-refractivity contribution in [1.82, 2.24) is 0 Å². The predicted molar refractivity (Wildman–Crippen MR) is 74.4 cm³/mol. The van der Waals surface area contributed by atoms with Gasteiger partial charge in [-0.3, -0.25) is 0 Å². The van der Waals surface area contributed by atoms with E-state index < -0.39 is 0 Å². The SMILES string of the molecule is COc1cccc(-c2ccc(C(N)CN)cc2)c1. The third-order valence-corrected chi connectivity index (χ3v) is 3.00. The standard InChI is InChI=1S/C15H18N2O/c1-18-14-4-2-3-13(9-14)11-5-7-12(8-6-11)15(17)10-16/h2-9,15H,10,16-17H2,1H3. The molecule has 0 aliphatic carbocycles. The maximum absolute atomic E-state index is 5.88. The summed E-state index contributed by atoms with van der Waals surface area (Å²) in [4.78, 5) is 0. The molecule has 18 heavy (non-hydrogen) atoms. The number of hydrogen-bond donors (Lipinski definition) is 2. The van der Waals surface area contributed by atoms with Crippen LogP contribution in [0.1, 0.15) is 11.6 Å². The molecular weight excluding hydrogens is 224 g/mol. The Morgan fingerprint density at radius 2 is 1.78 bits per heavy atom. The van der Waals surface area contributed by atoms with E-state index in [9.17, 15) is 0 Å². The molecule has 2 aromatic carbocycles. The zero-order valence-corrected chi connectivity index (χ0v) is 10.5. The monoisotopic (exact) mass is 242 g/mol. The lowest BCUT2D eigenvalue weighted by Gasteiger charge is -2.10. The summed E-state index contributed by atoms with van der Waals surface area (Å²) in [6, 6.07) is 16.0. The zero-order chi connectivity index (χ0) is 13.0. The summed E-state index contributed by atoms with van der Waals surface area (Å²) in [7, 11) is 1.67. The molecule has 0 spiro atoms. The van der Waals surface area contributed by atoms with Crippen molar-refractivity contribution in [2.75, 3.05) is 13.7 Å². The molecule has 0 radical (unpaired) electrons. The highest BCUT2D eigenvalue weighted by atomic mass is 16.5. The van der Waals surface area contributed by atoms with Gasteiger partial charge in [0, 0.05) is 12.6 Å². The van der Waals surface area contributed by atoms with E-state index in [1.807, 2.05) is 30.3 Å². The van der Waals surface area contributed by atoms with Crippen molar-refractivity contribution in [3.63, 3.8) is 0 Å². The summed E-state index contributed by atoms with van der Waals surface area (Å²) in [5.74, 6) is 0.857. The van der Waals surface area contributed by atoms with Gasteiger partial charge in [-0.15, -0.1) is 0 Å². The molecule has 0 aliphatic heterocycles. The smallest absolute Gasteiger partial charge is 0.119 e. The van der Waals surface area contributed by atoms with Crippen molar-refractivity contribution in [2.24, 2.45) is 11.5 Å². The van der Waals surface area contributed by atoms with E-state index >= 15 is 0 Å². The van der Waals surface area contributed by atoms with Gasteiger partial charge in [-0.25, -0.2) is 0 Å². The minimum Gasteiger partial charge on any atom is -0.497 e. The molecule has 3 nitrogen and oxygen atoms in total. The lowest BCUT2D eigenvalue weighted by atomic mass is 10.0. The van der Waals surface area contributed by atoms with Crippen LogP contribution in [-0.2, 0) is 0 Å². The molecule has 2 aromatic rings. The lowest BCUT2D eigenvalue weighted by Crippen LogP contribution is -2.20. The largest absolute Gasteiger partial charge is 0.497 e. The third-order valence-electron chi connectivity index (χ3n) is 3.00. The molecule has 0 fully saturated rings. The van der Waals surface area contributed by atoms with E-state index in [-0.39, 0.29) is 6.04 Å². The summed E-state index contributed by atoms with van der Waals surface area (Å²) >= 11 is 0. The molecule has 0 heterocycles. The van der Waals surface area contributed by atoms with Crippen molar-refractivity contribution in [1.29, 1.82) is 0 Å². The van der Waals surface area contributed by atoms with E-state index in [1.54, 1.807) is 7.11 Å². The van der Waals surface area contributed by atoms with Crippen molar-refractivity contribution in [3.05, 3.63) is 54.1 Å². The van der Waals surface area contributed by atoms with Crippen LogP contribution in [0.4, 0.5) is 0 Å². The quantitative estimate of drug-likeness (QED) is 0.865. The van der Waals surface area contributed by atoms with Gasteiger partial charge < -0.3 is 16.2 Å². The minimum atomic E-state index is -0.0932. The highest BCUT2D eigenvalue weighted by Crippen LogP contribution is 2.24. The summed E-state index contributed by atoms with van der Waals surface area (Å²) in [5, 5.41) is 0. The van der Waals surface area contributed by atoms with Crippen LogP contribution in [-0.4, -0.2) is 13.7 Å². The molecule has 0 aliphatic rings. The Bertz CT molecular complexity index is 508. The van der Waals surface area contributed by atoms with Crippen LogP contribution in [0.3, 0.4) is 0 Å². The molecule has 4 N–H and O–H groups in total. The van der Waals surface area contributed by atoms with E-state index in [0.717, 1.165) is 22.4 Å². The van der Waals surface area contributed by atoms with Crippen molar-refractivity contribution in [3.8, 4) is 16.9 Å². The van der Waals surface area contributed by atoms with Gasteiger partial charge in [-0.05, 0) is 28.8 Å². The number of benzene rings is 2. The Morgan fingerprint density at radius 3 is 2.39 bits per heavy atom. The average Bonchev–Trinajstić information content (AvgIpc) is 2.46. The number of hydrogen-bond acceptors (Lipinski definition) is 3. The molecule has 1 atom stereocenters. The number of nitrogens with two attached hydrogens (primary N) is 2. The molecule has 0 saturated carbocycles. The Labute approximate surface area is 107 Å². The van der Waals surface area contributed by atoms with E-state index in [4.69, 9.17) is 16.2 Å². The van der Waals surface area contributed by atoms with Gasteiger partial charge in [0.15, 0.2) is 0 Å². The van der Waals surface area contributed by atoms with Crippen LogP contribution in [0.15, 0.2) is 48.5 Å². The van der Waals surface area contributed by atoms with E-state index in [2.05, 4.69) is 18.2 Å². The second-order valence-electron chi connectivity index (χ2n) is 4.20. The normalized spacial score (nSPS) is 12.2. The van der Waals surface area contributed by atoms with Gasteiger partial charge in [-0.1, -0.05) is 36.4 Å². The van der Waals surface area contributed by atoms with E-state index in [0.29, 0.717) is 6.54 Å². The molecule has 0 bridgehead atoms. The average molecular weight is 242 g/mol. The lowest BCUT2D eigenvalue weighted by molar-refractivity contribution is 0.415. The first-order chi connectivity index (χ1) is 8.74. The van der Waals surface area contributed by atoms with Crippen LogP contribution < -0.4 is 16.2 Å². The fourth-order valence-corrected chi connectivity index (χ4v) is 1.86. The van der Waals surface area contributed by atoms with Gasteiger partial charge in [0.2, 0.25) is 0 Å². The number of rotatable bonds is 4. The van der Waals surface area contributed by atoms with Crippen LogP contribution in [0, 0.1) is 0 Å². The Balaban J connectivity index is 2.28. The summed E-state index contributed by atoms with van der Waals surface area (Å²) < 4.78 is 5.22. The number of ether oxygens (including phenoxy) is 1.